The Kier molecular flexibility index (Phi) is 5.88. The van der Waals surface area contributed by atoms with Crippen LogP contribution in [0.4, 0.5) is 8.78 Å². The lowest BCUT2D eigenvalue weighted by Gasteiger charge is -2.38. The number of likely N-dealkylation sites (tertiary alicyclic amines) is 2. The van der Waals surface area contributed by atoms with E-state index in [0.29, 0.717) is 18.7 Å². The molecule has 0 unspecified atom stereocenters. The SMILES string of the molecule is O=C(c1ccc(Cl)c(F)c1)N1CCC[C@@]2(CCCN2Cc2ccc(F)cc2)CC1. The molecule has 2 aliphatic heterocycles. The summed E-state index contributed by atoms with van der Waals surface area (Å²) in [6.07, 6.45) is 5.11. The minimum atomic E-state index is -0.565. The van der Waals surface area contributed by atoms with E-state index in [4.69, 9.17) is 11.6 Å². The van der Waals surface area contributed by atoms with Gasteiger partial charge in [-0.1, -0.05) is 23.7 Å². The zero-order valence-corrected chi connectivity index (χ0v) is 17.1. The highest BCUT2D eigenvalue weighted by molar-refractivity contribution is 6.30. The van der Waals surface area contributed by atoms with Crippen LogP contribution >= 0.6 is 11.6 Å². The summed E-state index contributed by atoms with van der Waals surface area (Å²) in [5.41, 5.74) is 1.54. The van der Waals surface area contributed by atoms with Gasteiger partial charge in [0.05, 0.1) is 5.02 Å². The fraction of sp³-hybridized carbons (Fsp3) is 0.435. The van der Waals surface area contributed by atoms with Crippen molar-refractivity contribution >= 4 is 17.5 Å². The summed E-state index contributed by atoms with van der Waals surface area (Å²) in [5.74, 6) is -0.919. The first-order valence-corrected chi connectivity index (χ1v) is 10.6. The Balaban J connectivity index is 1.46. The van der Waals surface area contributed by atoms with E-state index in [2.05, 4.69) is 4.90 Å². The average Bonchev–Trinajstić information content (AvgIpc) is 2.96. The molecule has 4 rings (SSSR count). The summed E-state index contributed by atoms with van der Waals surface area (Å²) in [4.78, 5) is 17.2. The molecule has 154 valence electrons. The quantitative estimate of drug-likeness (QED) is 0.677. The number of hydrogen-bond donors (Lipinski definition) is 0. The molecule has 0 radical (unpaired) electrons. The van der Waals surface area contributed by atoms with Gasteiger partial charge in [0.1, 0.15) is 11.6 Å². The predicted octanol–water partition coefficient (Wildman–Crippen LogP) is 5.28. The van der Waals surface area contributed by atoms with Crippen molar-refractivity contribution in [2.24, 2.45) is 0 Å². The van der Waals surface area contributed by atoms with Crippen molar-refractivity contribution < 1.29 is 13.6 Å². The van der Waals surface area contributed by atoms with Gasteiger partial charge in [-0.2, -0.15) is 0 Å². The second-order valence-corrected chi connectivity index (χ2v) is 8.56. The van der Waals surface area contributed by atoms with Crippen LogP contribution in [-0.2, 0) is 6.54 Å². The first-order valence-electron chi connectivity index (χ1n) is 10.2. The normalized spacial score (nSPS) is 22.8. The van der Waals surface area contributed by atoms with Gasteiger partial charge in [0.25, 0.3) is 5.91 Å². The van der Waals surface area contributed by atoms with E-state index in [-0.39, 0.29) is 22.3 Å². The number of benzene rings is 2. The molecule has 2 saturated heterocycles. The van der Waals surface area contributed by atoms with Gasteiger partial charge in [-0.05, 0) is 74.5 Å². The minimum Gasteiger partial charge on any atom is -0.339 e. The fourth-order valence-electron chi connectivity index (χ4n) is 4.81. The van der Waals surface area contributed by atoms with Crippen LogP contribution in [0.25, 0.3) is 0 Å². The lowest BCUT2D eigenvalue weighted by atomic mass is 9.87. The topological polar surface area (TPSA) is 23.6 Å². The summed E-state index contributed by atoms with van der Waals surface area (Å²) in [6, 6.07) is 11.0. The Morgan fingerprint density at radius 3 is 2.41 bits per heavy atom. The number of halogens is 3. The molecule has 29 heavy (non-hydrogen) atoms. The molecule has 1 amide bonds. The van der Waals surface area contributed by atoms with Crippen LogP contribution in [0.1, 0.15) is 48.0 Å². The Morgan fingerprint density at radius 2 is 1.69 bits per heavy atom. The molecule has 1 spiro atoms. The van der Waals surface area contributed by atoms with Crippen molar-refractivity contribution in [3.63, 3.8) is 0 Å². The maximum atomic E-state index is 13.8. The lowest BCUT2D eigenvalue weighted by molar-refractivity contribution is 0.0737. The molecule has 0 aromatic heterocycles. The number of rotatable bonds is 3. The van der Waals surface area contributed by atoms with Crippen molar-refractivity contribution in [1.82, 2.24) is 9.80 Å². The molecule has 2 aromatic rings. The van der Waals surface area contributed by atoms with Crippen LogP contribution in [0.3, 0.4) is 0 Å². The number of hydrogen-bond acceptors (Lipinski definition) is 2. The van der Waals surface area contributed by atoms with Crippen LogP contribution in [-0.4, -0.2) is 40.9 Å². The Labute approximate surface area is 175 Å². The molecule has 2 aromatic carbocycles. The molecule has 0 aliphatic carbocycles. The molecule has 0 N–H and O–H groups in total. The summed E-state index contributed by atoms with van der Waals surface area (Å²) >= 11 is 5.74. The Bertz CT molecular complexity index is 889. The molecule has 2 heterocycles. The second-order valence-electron chi connectivity index (χ2n) is 8.15. The Hall–Kier alpha value is -1.98. The smallest absolute Gasteiger partial charge is 0.253 e. The highest BCUT2D eigenvalue weighted by Gasteiger charge is 2.42. The van der Waals surface area contributed by atoms with E-state index in [9.17, 15) is 13.6 Å². The fourth-order valence-corrected chi connectivity index (χ4v) is 4.93. The van der Waals surface area contributed by atoms with E-state index >= 15 is 0 Å². The molecule has 2 aliphatic rings. The molecule has 6 heteroatoms. The van der Waals surface area contributed by atoms with Crippen molar-refractivity contribution in [1.29, 1.82) is 0 Å². The highest BCUT2D eigenvalue weighted by Crippen LogP contribution is 2.39. The van der Waals surface area contributed by atoms with Gasteiger partial charge < -0.3 is 4.90 Å². The molecule has 0 bridgehead atoms. The van der Waals surface area contributed by atoms with Gasteiger partial charge in [0.15, 0.2) is 0 Å². The summed E-state index contributed by atoms with van der Waals surface area (Å²) in [6.45, 7) is 3.16. The van der Waals surface area contributed by atoms with E-state index < -0.39 is 5.82 Å². The summed E-state index contributed by atoms with van der Waals surface area (Å²) in [7, 11) is 0. The largest absolute Gasteiger partial charge is 0.339 e. The van der Waals surface area contributed by atoms with Crippen molar-refractivity contribution in [3.8, 4) is 0 Å². The monoisotopic (exact) mass is 418 g/mol. The van der Waals surface area contributed by atoms with E-state index in [1.54, 1.807) is 6.07 Å². The first-order chi connectivity index (χ1) is 14.0. The maximum absolute atomic E-state index is 13.8. The van der Waals surface area contributed by atoms with Crippen molar-refractivity contribution in [2.45, 2.75) is 44.2 Å². The second kappa shape index (κ2) is 8.41. The number of amides is 1. The van der Waals surface area contributed by atoms with Crippen LogP contribution < -0.4 is 0 Å². The third-order valence-electron chi connectivity index (χ3n) is 6.40. The molecule has 1 atom stereocenters. The standard InChI is InChI=1S/C23H25ClF2N2O/c24-20-8-5-18(15-21(20)26)22(29)27-12-1-9-23(11-14-27)10-2-13-28(23)16-17-3-6-19(25)7-4-17/h3-8,15H,1-2,9-14,16H2/t23-/m1/s1. The van der Waals surface area contributed by atoms with Gasteiger partial charge in [-0.3, -0.25) is 9.69 Å². The minimum absolute atomic E-state index is 0.0266. The number of nitrogens with zero attached hydrogens (tertiary/aromatic N) is 2. The van der Waals surface area contributed by atoms with Gasteiger partial charge in [-0.25, -0.2) is 8.78 Å². The summed E-state index contributed by atoms with van der Waals surface area (Å²) < 4.78 is 27.0. The van der Waals surface area contributed by atoms with Gasteiger partial charge in [0, 0.05) is 30.7 Å². The van der Waals surface area contributed by atoms with Gasteiger partial charge in [0.2, 0.25) is 0 Å². The molecular formula is C23H25ClF2N2O. The maximum Gasteiger partial charge on any atom is 0.253 e. The molecule has 2 fully saturated rings. The zero-order valence-electron chi connectivity index (χ0n) is 16.3. The first kappa shape index (κ1) is 20.3. The van der Waals surface area contributed by atoms with Crippen LogP contribution in [0, 0.1) is 11.6 Å². The molecule has 0 saturated carbocycles. The molecule has 3 nitrogen and oxygen atoms in total. The number of carbonyl (C=O) groups is 1. The van der Waals surface area contributed by atoms with Gasteiger partial charge >= 0.3 is 0 Å². The van der Waals surface area contributed by atoms with Crippen molar-refractivity contribution in [3.05, 3.63) is 70.2 Å². The van der Waals surface area contributed by atoms with Crippen molar-refractivity contribution in [2.75, 3.05) is 19.6 Å². The third-order valence-corrected chi connectivity index (χ3v) is 6.71. The van der Waals surface area contributed by atoms with Crippen LogP contribution in [0.5, 0.6) is 0 Å². The van der Waals surface area contributed by atoms with Gasteiger partial charge in [-0.15, -0.1) is 0 Å². The van der Waals surface area contributed by atoms with E-state index in [1.807, 2.05) is 17.0 Å². The third kappa shape index (κ3) is 4.31. The van der Waals surface area contributed by atoms with E-state index in [0.717, 1.165) is 50.8 Å². The van der Waals surface area contributed by atoms with Crippen LogP contribution in [0.2, 0.25) is 5.02 Å². The Morgan fingerprint density at radius 1 is 0.966 bits per heavy atom. The summed E-state index contributed by atoms with van der Waals surface area (Å²) in [5, 5.41) is 0.0266. The number of carbonyl (C=O) groups excluding carboxylic acids is 1. The predicted molar refractivity (Wildman–Crippen MR) is 110 cm³/mol. The highest BCUT2D eigenvalue weighted by atomic mass is 35.5. The lowest BCUT2D eigenvalue weighted by Crippen LogP contribution is -2.44. The van der Waals surface area contributed by atoms with Crippen LogP contribution in [0.15, 0.2) is 42.5 Å². The van der Waals surface area contributed by atoms with E-state index in [1.165, 1.54) is 24.3 Å². The molecular weight excluding hydrogens is 394 g/mol. The average molecular weight is 419 g/mol. The zero-order chi connectivity index (χ0) is 20.4.